The number of carboxylic acid groups (broad SMARTS) is 1. The van der Waals surface area contributed by atoms with E-state index in [4.69, 9.17) is 5.11 Å². The summed E-state index contributed by atoms with van der Waals surface area (Å²) in [5.74, 6) is -1.44. The molecule has 0 aliphatic heterocycles. The summed E-state index contributed by atoms with van der Waals surface area (Å²) in [6, 6.07) is 0. The first-order valence-electron chi connectivity index (χ1n) is 2.16. The molecule has 0 aromatic rings. The predicted octanol–water partition coefficient (Wildman–Crippen LogP) is 0.812. The van der Waals surface area contributed by atoms with Gasteiger partial charge in [-0.05, 0) is 0 Å². The fourth-order valence-electron chi connectivity index (χ4n) is 0.207. The van der Waals surface area contributed by atoms with Gasteiger partial charge in [0.15, 0.2) is 6.61 Å². The third-order valence-corrected chi connectivity index (χ3v) is 0.424. The highest BCUT2D eigenvalue weighted by molar-refractivity contribution is 5.68. The second-order valence-corrected chi connectivity index (χ2v) is 1.36. The average Bonchev–Trinajstić information content (AvgIpc) is 1.59. The van der Waals surface area contributed by atoms with Gasteiger partial charge in [-0.25, -0.2) is 4.79 Å². The molecule has 0 saturated heterocycles. The van der Waals surface area contributed by atoms with Crippen LogP contribution in [0.3, 0.4) is 0 Å². The Kier molecular flexibility index (Phi) is 3.14. The molecular weight excluding hydrogens is 153 g/mol. The van der Waals surface area contributed by atoms with Crippen LogP contribution in [0, 0.1) is 6.61 Å². The van der Waals surface area contributed by atoms with Crippen LogP contribution in [0.15, 0.2) is 0 Å². The predicted molar refractivity (Wildman–Crippen MR) is 23.9 cm³/mol. The SMILES string of the molecule is O=C(O)CO[CH]C(F)(F)F. The Bertz CT molecular complexity index is 119. The van der Waals surface area contributed by atoms with E-state index in [9.17, 15) is 18.0 Å². The van der Waals surface area contributed by atoms with Gasteiger partial charge in [0.05, 0.1) is 0 Å². The molecule has 0 aliphatic rings. The number of rotatable bonds is 3. The van der Waals surface area contributed by atoms with Crippen molar-refractivity contribution in [2.45, 2.75) is 6.18 Å². The van der Waals surface area contributed by atoms with E-state index in [2.05, 4.69) is 4.74 Å². The fraction of sp³-hybridized carbons (Fsp3) is 0.500. The van der Waals surface area contributed by atoms with Crippen LogP contribution in [0.2, 0.25) is 0 Å². The first-order valence-corrected chi connectivity index (χ1v) is 2.16. The van der Waals surface area contributed by atoms with E-state index >= 15 is 0 Å². The fourth-order valence-corrected chi connectivity index (χ4v) is 0.207. The van der Waals surface area contributed by atoms with Gasteiger partial charge in [-0.2, -0.15) is 13.2 Å². The van der Waals surface area contributed by atoms with Gasteiger partial charge in [0, 0.05) is 0 Å². The van der Waals surface area contributed by atoms with Crippen LogP contribution in [-0.4, -0.2) is 23.9 Å². The molecular formula is C4H4F3O3. The molecule has 10 heavy (non-hydrogen) atoms. The minimum absolute atomic E-state index is 0.471. The molecule has 0 bridgehead atoms. The first-order chi connectivity index (χ1) is 4.42. The lowest BCUT2D eigenvalue weighted by Crippen LogP contribution is -2.14. The van der Waals surface area contributed by atoms with Crippen molar-refractivity contribution < 1.29 is 27.8 Å². The molecule has 0 spiro atoms. The summed E-state index contributed by atoms with van der Waals surface area (Å²) in [4.78, 5) is 9.57. The number of aliphatic carboxylic acids is 1. The van der Waals surface area contributed by atoms with Crippen LogP contribution < -0.4 is 0 Å². The Hall–Kier alpha value is -0.780. The molecule has 0 saturated carbocycles. The molecule has 3 nitrogen and oxygen atoms in total. The Labute approximate surface area is 54.4 Å². The normalized spacial score (nSPS) is 11.5. The summed E-state index contributed by atoms with van der Waals surface area (Å²) in [6.45, 7) is -1.44. The molecule has 0 aromatic heterocycles. The van der Waals surface area contributed by atoms with Gasteiger partial charge < -0.3 is 9.84 Å². The van der Waals surface area contributed by atoms with Gasteiger partial charge in [0.2, 0.25) is 0 Å². The van der Waals surface area contributed by atoms with Crippen LogP contribution >= 0.6 is 0 Å². The zero-order chi connectivity index (χ0) is 8.20. The molecule has 0 aromatic carbocycles. The van der Waals surface area contributed by atoms with Crippen molar-refractivity contribution >= 4 is 5.97 Å². The number of halogens is 3. The zero-order valence-corrected chi connectivity index (χ0v) is 4.68. The standard InChI is InChI=1S/C4H4F3O3/c5-4(6,7)2-10-1-3(8)9/h2H,1H2,(H,8,9). The molecule has 0 aliphatic carbocycles. The minimum atomic E-state index is -4.57. The summed E-state index contributed by atoms with van der Waals surface area (Å²) >= 11 is 0. The van der Waals surface area contributed by atoms with Crippen LogP contribution in [0.4, 0.5) is 13.2 Å². The van der Waals surface area contributed by atoms with Crippen molar-refractivity contribution in [3.05, 3.63) is 6.61 Å². The second-order valence-electron chi connectivity index (χ2n) is 1.36. The number of carbonyl (C=O) groups is 1. The molecule has 0 rings (SSSR count). The summed E-state index contributed by atoms with van der Waals surface area (Å²) in [6.07, 6.45) is -4.57. The van der Waals surface area contributed by atoms with Gasteiger partial charge in [0.1, 0.15) is 6.61 Å². The molecule has 1 N–H and O–H groups in total. The largest absolute Gasteiger partial charge is 0.480 e. The van der Waals surface area contributed by atoms with Crippen molar-refractivity contribution in [2.24, 2.45) is 0 Å². The van der Waals surface area contributed by atoms with Crippen molar-refractivity contribution in [3.63, 3.8) is 0 Å². The van der Waals surface area contributed by atoms with Crippen LogP contribution in [0.1, 0.15) is 0 Å². The number of hydrogen-bond acceptors (Lipinski definition) is 2. The zero-order valence-electron chi connectivity index (χ0n) is 4.68. The quantitative estimate of drug-likeness (QED) is 0.659. The lowest BCUT2D eigenvalue weighted by Gasteiger charge is -2.02. The smallest absolute Gasteiger partial charge is 0.417 e. The number of hydrogen-bond donors (Lipinski definition) is 1. The molecule has 0 fully saturated rings. The highest BCUT2D eigenvalue weighted by atomic mass is 19.4. The van der Waals surface area contributed by atoms with Gasteiger partial charge in [-0.1, -0.05) is 0 Å². The highest BCUT2D eigenvalue weighted by Gasteiger charge is 2.28. The van der Waals surface area contributed by atoms with Crippen LogP contribution in [0.5, 0.6) is 0 Å². The lowest BCUT2D eigenvalue weighted by atomic mass is 10.7. The highest BCUT2D eigenvalue weighted by Crippen LogP contribution is 2.18. The van der Waals surface area contributed by atoms with Gasteiger partial charge in [-0.15, -0.1) is 0 Å². The Morgan fingerprint density at radius 1 is 1.60 bits per heavy atom. The van der Waals surface area contributed by atoms with E-state index in [0.717, 1.165) is 0 Å². The van der Waals surface area contributed by atoms with E-state index in [1.807, 2.05) is 0 Å². The first kappa shape index (κ1) is 9.22. The van der Waals surface area contributed by atoms with Crippen LogP contribution in [0.25, 0.3) is 0 Å². The Morgan fingerprint density at radius 2 is 2.10 bits per heavy atom. The van der Waals surface area contributed by atoms with E-state index in [1.165, 1.54) is 0 Å². The maximum absolute atomic E-state index is 11.1. The average molecular weight is 157 g/mol. The molecule has 6 heteroatoms. The summed E-state index contributed by atoms with van der Waals surface area (Å²) in [5, 5.41) is 7.80. The van der Waals surface area contributed by atoms with Gasteiger partial charge in [-0.3, -0.25) is 0 Å². The van der Waals surface area contributed by atoms with Gasteiger partial charge >= 0.3 is 12.1 Å². The maximum atomic E-state index is 11.1. The topological polar surface area (TPSA) is 46.5 Å². The van der Waals surface area contributed by atoms with E-state index < -0.39 is 25.4 Å². The third-order valence-electron chi connectivity index (χ3n) is 0.424. The number of carboxylic acids is 1. The van der Waals surface area contributed by atoms with E-state index in [1.54, 1.807) is 0 Å². The third kappa shape index (κ3) is 7.22. The van der Waals surface area contributed by atoms with E-state index in [-0.39, 0.29) is 0 Å². The molecule has 0 unspecified atom stereocenters. The van der Waals surface area contributed by atoms with E-state index in [0.29, 0.717) is 0 Å². The monoisotopic (exact) mass is 157 g/mol. The summed E-state index contributed by atoms with van der Waals surface area (Å²) in [5.41, 5.74) is 0. The minimum Gasteiger partial charge on any atom is -0.480 e. The number of alkyl halides is 3. The van der Waals surface area contributed by atoms with Crippen molar-refractivity contribution in [1.29, 1.82) is 0 Å². The lowest BCUT2D eigenvalue weighted by molar-refractivity contribution is -0.154. The summed E-state index contributed by atoms with van der Waals surface area (Å²) < 4.78 is 37.0. The van der Waals surface area contributed by atoms with Gasteiger partial charge in [0.25, 0.3) is 0 Å². The van der Waals surface area contributed by atoms with Crippen molar-refractivity contribution in [3.8, 4) is 0 Å². The second kappa shape index (κ2) is 3.40. The Balaban J connectivity index is 3.29. The van der Waals surface area contributed by atoms with Crippen molar-refractivity contribution in [1.82, 2.24) is 0 Å². The Morgan fingerprint density at radius 3 is 2.40 bits per heavy atom. The molecule has 1 radical (unpaired) electrons. The van der Waals surface area contributed by atoms with Crippen LogP contribution in [-0.2, 0) is 9.53 Å². The molecule has 0 heterocycles. The van der Waals surface area contributed by atoms with Crippen molar-refractivity contribution in [2.75, 3.05) is 6.61 Å². The molecule has 59 valence electrons. The summed E-state index contributed by atoms with van der Waals surface area (Å²) in [7, 11) is 0. The maximum Gasteiger partial charge on any atom is 0.417 e. The molecule has 0 amide bonds. The number of ether oxygens (including phenoxy) is 1. The molecule has 0 atom stereocenters.